The van der Waals surface area contributed by atoms with Crippen LogP contribution in [-0.4, -0.2) is 56.8 Å². The second-order valence-electron chi connectivity index (χ2n) is 8.67. The summed E-state index contributed by atoms with van der Waals surface area (Å²) >= 11 is 1.60. The molecule has 3 heterocycles. The van der Waals surface area contributed by atoms with E-state index in [1.807, 2.05) is 12.1 Å². The number of nitrogens with one attached hydrogen (secondary N) is 1. The zero-order chi connectivity index (χ0) is 23.4. The lowest BCUT2D eigenvalue weighted by Crippen LogP contribution is -2.31. The number of anilines is 1. The van der Waals surface area contributed by atoms with E-state index in [1.54, 1.807) is 43.9 Å². The number of nitrogens with zero attached hydrogens (tertiary/aromatic N) is 6. The van der Waals surface area contributed by atoms with Crippen molar-refractivity contribution >= 4 is 17.9 Å². The van der Waals surface area contributed by atoms with E-state index >= 15 is 0 Å². The van der Waals surface area contributed by atoms with Crippen LogP contribution in [0.2, 0.25) is 0 Å². The average Bonchev–Trinajstić information content (AvgIpc) is 3.23. The Balaban J connectivity index is 1.66. The van der Waals surface area contributed by atoms with Crippen LogP contribution >= 0.6 is 11.9 Å². The zero-order valence-electron chi connectivity index (χ0n) is 19.5. The fourth-order valence-electron chi connectivity index (χ4n) is 4.27. The van der Waals surface area contributed by atoms with Gasteiger partial charge in [0.2, 0.25) is 23.6 Å². The highest BCUT2D eigenvalue weighted by Crippen LogP contribution is 2.46. The van der Waals surface area contributed by atoms with Crippen molar-refractivity contribution in [3.63, 3.8) is 0 Å². The number of ether oxygens (including phenoxy) is 3. The summed E-state index contributed by atoms with van der Waals surface area (Å²) in [5.41, 5.74) is 1.54. The van der Waals surface area contributed by atoms with Crippen LogP contribution in [0.15, 0.2) is 24.5 Å². The predicted molar refractivity (Wildman–Crippen MR) is 127 cm³/mol. The standard InChI is InChI=1S/C22H29N7O3S/c1-22(2)11-14(12-22)9-10-33-28-21-27-26-18(15-7-6-8-16(25-15)30-3)29(21)17-19(31-4)23-13-24-20(17)32-5/h6-8,13-14H,9-12H2,1-5H3,(H,27,28). The highest BCUT2D eigenvalue weighted by molar-refractivity contribution is 8.00. The molecule has 0 aromatic carbocycles. The van der Waals surface area contributed by atoms with Crippen LogP contribution in [0.3, 0.4) is 0 Å². The molecule has 33 heavy (non-hydrogen) atoms. The van der Waals surface area contributed by atoms with Crippen molar-refractivity contribution in [2.45, 2.75) is 33.1 Å². The highest BCUT2D eigenvalue weighted by atomic mass is 32.2. The van der Waals surface area contributed by atoms with Crippen LogP contribution < -0.4 is 18.9 Å². The highest BCUT2D eigenvalue weighted by Gasteiger charge is 2.35. The van der Waals surface area contributed by atoms with E-state index in [0.29, 0.717) is 46.2 Å². The van der Waals surface area contributed by atoms with Gasteiger partial charge in [-0.15, -0.1) is 10.2 Å². The van der Waals surface area contributed by atoms with Gasteiger partial charge < -0.3 is 14.2 Å². The molecule has 1 aliphatic carbocycles. The van der Waals surface area contributed by atoms with Gasteiger partial charge in [0, 0.05) is 11.8 Å². The van der Waals surface area contributed by atoms with E-state index in [-0.39, 0.29) is 0 Å². The van der Waals surface area contributed by atoms with Gasteiger partial charge in [0.1, 0.15) is 12.0 Å². The van der Waals surface area contributed by atoms with Crippen molar-refractivity contribution in [3.8, 4) is 34.8 Å². The molecular formula is C22H29N7O3S. The largest absolute Gasteiger partial charge is 0.481 e. The third-order valence-electron chi connectivity index (χ3n) is 5.66. The van der Waals surface area contributed by atoms with Crippen molar-refractivity contribution < 1.29 is 14.2 Å². The lowest BCUT2D eigenvalue weighted by Gasteiger charge is -2.42. The molecule has 0 saturated heterocycles. The summed E-state index contributed by atoms with van der Waals surface area (Å²) in [7, 11) is 4.66. The van der Waals surface area contributed by atoms with Gasteiger partial charge in [0.25, 0.3) is 0 Å². The maximum atomic E-state index is 5.51. The van der Waals surface area contributed by atoms with Crippen molar-refractivity contribution in [2.24, 2.45) is 11.3 Å². The molecule has 10 nitrogen and oxygen atoms in total. The Labute approximate surface area is 197 Å². The minimum atomic E-state index is 0.329. The number of pyridine rings is 1. The third-order valence-corrected chi connectivity index (χ3v) is 6.43. The molecule has 4 rings (SSSR count). The number of hydrogen-bond acceptors (Lipinski definition) is 10. The summed E-state index contributed by atoms with van der Waals surface area (Å²) < 4.78 is 21.4. The van der Waals surface area contributed by atoms with Gasteiger partial charge >= 0.3 is 0 Å². The van der Waals surface area contributed by atoms with Crippen molar-refractivity contribution in [2.75, 3.05) is 31.8 Å². The van der Waals surface area contributed by atoms with Crippen LogP contribution in [0.1, 0.15) is 33.1 Å². The van der Waals surface area contributed by atoms with Crippen molar-refractivity contribution in [1.29, 1.82) is 0 Å². The summed E-state index contributed by atoms with van der Waals surface area (Å²) in [6.45, 7) is 4.66. The second kappa shape index (κ2) is 9.82. The summed E-state index contributed by atoms with van der Waals surface area (Å²) in [6.07, 6.45) is 5.11. The SMILES string of the molecule is COc1cccc(-c2nnc(NSCCC3CC(C)(C)C3)n2-c2c(OC)ncnc2OC)n1. The molecule has 3 aromatic heterocycles. The normalized spacial score (nSPS) is 15.1. The molecular weight excluding hydrogens is 442 g/mol. The molecule has 0 spiro atoms. The van der Waals surface area contributed by atoms with Crippen LogP contribution in [0.4, 0.5) is 5.95 Å². The van der Waals surface area contributed by atoms with E-state index in [2.05, 4.69) is 43.7 Å². The van der Waals surface area contributed by atoms with Crippen LogP contribution in [0, 0.1) is 11.3 Å². The first-order valence-corrected chi connectivity index (χ1v) is 11.7. The quantitative estimate of drug-likeness (QED) is 0.344. The van der Waals surface area contributed by atoms with Crippen LogP contribution in [-0.2, 0) is 0 Å². The molecule has 0 bridgehead atoms. The Morgan fingerprint density at radius 1 is 1.06 bits per heavy atom. The lowest BCUT2D eigenvalue weighted by molar-refractivity contribution is 0.0948. The molecule has 1 aliphatic rings. The van der Waals surface area contributed by atoms with Gasteiger partial charge in [-0.25, -0.2) is 9.55 Å². The molecule has 0 aliphatic heterocycles. The molecule has 0 amide bonds. The predicted octanol–water partition coefficient (Wildman–Crippen LogP) is 4.03. The van der Waals surface area contributed by atoms with Gasteiger partial charge in [-0.3, -0.25) is 4.72 Å². The number of aromatic nitrogens is 6. The first-order valence-electron chi connectivity index (χ1n) is 10.7. The lowest BCUT2D eigenvalue weighted by atomic mass is 9.64. The molecule has 1 saturated carbocycles. The van der Waals surface area contributed by atoms with Gasteiger partial charge in [-0.05, 0) is 36.7 Å². The molecule has 0 unspecified atom stereocenters. The van der Waals surface area contributed by atoms with Gasteiger partial charge in [0.05, 0.1) is 21.3 Å². The number of methoxy groups -OCH3 is 3. The Kier molecular flexibility index (Phi) is 6.87. The smallest absolute Gasteiger partial charge is 0.245 e. The summed E-state index contributed by atoms with van der Waals surface area (Å²) in [5.74, 6) is 3.85. The third kappa shape index (κ3) is 4.97. The van der Waals surface area contributed by atoms with Crippen molar-refractivity contribution in [3.05, 3.63) is 24.5 Å². The Hall–Kier alpha value is -3.08. The Bertz CT molecular complexity index is 1080. The van der Waals surface area contributed by atoms with Gasteiger partial charge in [-0.1, -0.05) is 31.9 Å². The maximum Gasteiger partial charge on any atom is 0.245 e. The number of hydrogen-bond donors (Lipinski definition) is 1. The summed E-state index contributed by atoms with van der Waals surface area (Å²) in [4.78, 5) is 13.0. The van der Waals surface area contributed by atoms with Gasteiger partial charge in [-0.2, -0.15) is 9.97 Å². The topological polar surface area (TPSA) is 109 Å². The molecule has 1 N–H and O–H groups in total. The van der Waals surface area contributed by atoms with E-state index < -0.39 is 0 Å². The van der Waals surface area contributed by atoms with Crippen LogP contribution in [0.25, 0.3) is 17.2 Å². The second-order valence-corrected chi connectivity index (χ2v) is 9.57. The van der Waals surface area contributed by atoms with E-state index in [4.69, 9.17) is 14.2 Å². The first-order chi connectivity index (χ1) is 16.0. The summed E-state index contributed by atoms with van der Waals surface area (Å²) in [5, 5.41) is 8.78. The monoisotopic (exact) mass is 471 g/mol. The molecule has 11 heteroatoms. The van der Waals surface area contributed by atoms with Crippen molar-refractivity contribution in [1.82, 2.24) is 29.7 Å². The zero-order valence-corrected chi connectivity index (χ0v) is 20.3. The minimum Gasteiger partial charge on any atom is -0.481 e. The molecule has 1 fully saturated rings. The molecule has 3 aromatic rings. The van der Waals surface area contributed by atoms with Crippen LogP contribution in [0.5, 0.6) is 17.6 Å². The van der Waals surface area contributed by atoms with E-state index in [1.165, 1.54) is 19.2 Å². The molecule has 0 radical (unpaired) electrons. The first kappa shape index (κ1) is 23.1. The minimum absolute atomic E-state index is 0.329. The van der Waals surface area contributed by atoms with E-state index in [0.717, 1.165) is 18.1 Å². The molecule has 0 atom stereocenters. The van der Waals surface area contributed by atoms with E-state index in [9.17, 15) is 0 Å². The maximum absolute atomic E-state index is 5.51. The van der Waals surface area contributed by atoms with Gasteiger partial charge in [0.15, 0.2) is 11.5 Å². The number of rotatable bonds is 10. The summed E-state index contributed by atoms with van der Waals surface area (Å²) in [6, 6.07) is 5.45. The fraction of sp³-hybridized carbons (Fsp3) is 0.500. The Morgan fingerprint density at radius 3 is 2.42 bits per heavy atom. The Morgan fingerprint density at radius 2 is 1.79 bits per heavy atom. The fourth-order valence-corrected chi connectivity index (χ4v) is 5.08. The molecule has 176 valence electrons. The average molecular weight is 472 g/mol.